The molecule has 2 aromatic rings. The van der Waals surface area contributed by atoms with Crippen molar-refractivity contribution in [1.82, 2.24) is 0 Å². The Labute approximate surface area is 118 Å². The van der Waals surface area contributed by atoms with Crippen LogP contribution in [0.4, 0.5) is 10.5 Å². The van der Waals surface area contributed by atoms with Crippen LogP contribution in [0.15, 0.2) is 65.7 Å². The number of hydrogen-bond acceptors (Lipinski definition) is 3. The highest BCUT2D eigenvalue weighted by molar-refractivity contribution is 5.84. The first kappa shape index (κ1) is 13.8. The van der Waals surface area contributed by atoms with Gasteiger partial charge >= 0.3 is 6.09 Å². The second-order valence-corrected chi connectivity index (χ2v) is 4.07. The maximum Gasteiger partial charge on any atom is 0.411 e. The van der Waals surface area contributed by atoms with Crippen molar-refractivity contribution < 1.29 is 9.53 Å². The summed E-state index contributed by atoms with van der Waals surface area (Å²) in [6.45, 7) is 0.694. The predicted octanol–water partition coefficient (Wildman–Crippen LogP) is 3.35. The fourth-order valence-corrected chi connectivity index (χ4v) is 1.58. The lowest BCUT2D eigenvalue weighted by molar-refractivity contribution is 0.165. The number of anilines is 1. The SMILES string of the molecule is O=C(Nc1ccccc1)OCCN=Cc1ccccc1. The van der Waals surface area contributed by atoms with Gasteiger partial charge in [-0.05, 0) is 17.7 Å². The number of benzene rings is 2. The fraction of sp³-hybridized carbons (Fsp3) is 0.125. The molecule has 0 atom stereocenters. The van der Waals surface area contributed by atoms with Crippen LogP contribution in [-0.4, -0.2) is 25.5 Å². The zero-order chi connectivity index (χ0) is 14.0. The van der Waals surface area contributed by atoms with Crippen LogP contribution in [-0.2, 0) is 4.74 Å². The van der Waals surface area contributed by atoms with Gasteiger partial charge in [-0.15, -0.1) is 0 Å². The smallest absolute Gasteiger partial charge is 0.411 e. The molecule has 2 aromatic carbocycles. The monoisotopic (exact) mass is 268 g/mol. The summed E-state index contributed by atoms with van der Waals surface area (Å²) < 4.78 is 5.02. The third-order valence-electron chi connectivity index (χ3n) is 2.51. The standard InChI is InChI=1S/C16H16N2O2/c19-16(18-15-9-5-2-6-10-15)20-12-11-17-13-14-7-3-1-4-8-14/h1-10,13H,11-12H2,(H,18,19). The van der Waals surface area contributed by atoms with Gasteiger partial charge in [-0.3, -0.25) is 10.3 Å². The summed E-state index contributed by atoms with van der Waals surface area (Å²) in [5.74, 6) is 0. The molecule has 4 nitrogen and oxygen atoms in total. The van der Waals surface area contributed by atoms with Crippen molar-refractivity contribution in [1.29, 1.82) is 0 Å². The molecule has 0 heterocycles. The Bertz CT molecular complexity index is 553. The Hall–Kier alpha value is -2.62. The first-order valence-electron chi connectivity index (χ1n) is 6.38. The average molecular weight is 268 g/mol. The summed E-state index contributed by atoms with van der Waals surface area (Å²) in [6, 6.07) is 19.0. The molecule has 1 amide bonds. The van der Waals surface area contributed by atoms with Crippen LogP contribution in [0, 0.1) is 0 Å². The molecule has 102 valence electrons. The molecular formula is C16H16N2O2. The van der Waals surface area contributed by atoms with Crippen molar-refractivity contribution >= 4 is 18.0 Å². The third kappa shape index (κ3) is 4.94. The number of carbonyl (C=O) groups excluding carboxylic acids is 1. The molecule has 0 radical (unpaired) electrons. The number of nitrogens with one attached hydrogen (secondary N) is 1. The molecule has 0 saturated carbocycles. The van der Waals surface area contributed by atoms with Crippen molar-refractivity contribution in [2.24, 2.45) is 4.99 Å². The van der Waals surface area contributed by atoms with Crippen molar-refractivity contribution in [3.05, 3.63) is 66.2 Å². The summed E-state index contributed by atoms with van der Waals surface area (Å²) in [4.78, 5) is 15.7. The summed E-state index contributed by atoms with van der Waals surface area (Å²) in [7, 11) is 0. The maximum absolute atomic E-state index is 11.5. The van der Waals surface area contributed by atoms with E-state index < -0.39 is 6.09 Å². The number of hydrogen-bond donors (Lipinski definition) is 1. The zero-order valence-corrected chi connectivity index (χ0v) is 11.0. The number of rotatable bonds is 5. The molecule has 2 rings (SSSR count). The summed E-state index contributed by atoms with van der Waals surface area (Å²) in [6.07, 6.45) is 1.30. The second-order valence-electron chi connectivity index (χ2n) is 4.07. The summed E-state index contributed by atoms with van der Waals surface area (Å²) in [5.41, 5.74) is 1.74. The Morgan fingerprint density at radius 3 is 2.40 bits per heavy atom. The highest BCUT2D eigenvalue weighted by atomic mass is 16.5. The molecule has 0 aromatic heterocycles. The molecule has 0 bridgehead atoms. The van der Waals surface area contributed by atoms with E-state index in [0.717, 1.165) is 5.56 Å². The molecule has 20 heavy (non-hydrogen) atoms. The minimum Gasteiger partial charge on any atom is -0.447 e. The summed E-state index contributed by atoms with van der Waals surface area (Å²) in [5, 5.41) is 2.64. The lowest BCUT2D eigenvalue weighted by Crippen LogP contribution is -2.15. The zero-order valence-electron chi connectivity index (χ0n) is 11.0. The van der Waals surface area contributed by atoms with E-state index in [2.05, 4.69) is 10.3 Å². The molecule has 0 spiro atoms. The van der Waals surface area contributed by atoms with Gasteiger partial charge in [-0.1, -0.05) is 48.5 Å². The van der Waals surface area contributed by atoms with Gasteiger partial charge in [-0.25, -0.2) is 4.79 Å². The van der Waals surface area contributed by atoms with E-state index in [1.54, 1.807) is 18.3 Å². The highest BCUT2D eigenvalue weighted by Crippen LogP contribution is 2.05. The molecule has 0 fully saturated rings. The number of nitrogens with zero attached hydrogens (tertiary/aromatic N) is 1. The Kier molecular flexibility index (Phi) is 5.34. The van der Waals surface area contributed by atoms with E-state index in [4.69, 9.17) is 4.74 Å². The van der Waals surface area contributed by atoms with Gasteiger partial charge in [0, 0.05) is 11.9 Å². The van der Waals surface area contributed by atoms with Crippen LogP contribution < -0.4 is 5.32 Å². The predicted molar refractivity (Wildman–Crippen MR) is 80.3 cm³/mol. The average Bonchev–Trinajstić information content (AvgIpc) is 2.49. The van der Waals surface area contributed by atoms with Crippen LogP contribution in [0.3, 0.4) is 0 Å². The van der Waals surface area contributed by atoms with E-state index >= 15 is 0 Å². The van der Waals surface area contributed by atoms with E-state index in [1.807, 2.05) is 48.5 Å². The highest BCUT2D eigenvalue weighted by Gasteiger charge is 2.00. The molecule has 0 saturated heterocycles. The quantitative estimate of drug-likeness (QED) is 0.667. The molecule has 0 unspecified atom stereocenters. The van der Waals surface area contributed by atoms with Crippen molar-refractivity contribution in [3.63, 3.8) is 0 Å². The normalized spacial score (nSPS) is 10.4. The van der Waals surface area contributed by atoms with Crippen molar-refractivity contribution in [2.45, 2.75) is 0 Å². The topological polar surface area (TPSA) is 50.7 Å². The number of carbonyl (C=O) groups is 1. The lowest BCUT2D eigenvalue weighted by atomic mass is 10.2. The molecular weight excluding hydrogens is 252 g/mol. The molecule has 0 aliphatic carbocycles. The van der Waals surface area contributed by atoms with Crippen LogP contribution in [0.25, 0.3) is 0 Å². The van der Waals surface area contributed by atoms with Gasteiger partial charge < -0.3 is 4.74 Å². The van der Waals surface area contributed by atoms with E-state index in [9.17, 15) is 4.79 Å². The lowest BCUT2D eigenvalue weighted by Gasteiger charge is -2.05. The van der Waals surface area contributed by atoms with Gasteiger partial charge in [0.1, 0.15) is 6.61 Å². The van der Waals surface area contributed by atoms with E-state index in [1.165, 1.54) is 0 Å². The largest absolute Gasteiger partial charge is 0.447 e. The molecule has 0 aliphatic rings. The van der Waals surface area contributed by atoms with Gasteiger partial charge in [0.25, 0.3) is 0 Å². The second kappa shape index (κ2) is 7.74. The van der Waals surface area contributed by atoms with Crippen molar-refractivity contribution in [3.8, 4) is 0 Å². The van der Waals surface area contributed by atoms with Crippen LogP contribution >= 0.6 is 0 Å². The van der Waals surface area contributed by atoms with Gasteiger partial charge in [0.05, 0.1) is 6.54 Å². The van der Waals surface area contributed by atoms with Gasteiger partial charge in [0.2, 0.25) is 0 Å². The van der Waals surface area contributed by atoms with Gasteiger partial charge in [-0.2, -0.15) is 0 Å². The maximum atomic E-state index is 11.5. The first-order valence-corrected chi connectivity index (χ1v) is 6.38. The number of aliphatic imine (C=N–C) groups is 1. The minimum absolute atomic E-state index is 0.252. The number of amides is 1. The minimum atomic E-state index is -0.467. The van der Waals surface area contributed by atoms with Crippen molar-refractivity contribution in [2.75, 3.05) is 18.5 Å². The van der Waals surface area contributed by atoms with E-state index in [0.29, 0.717) is 12.2 Å². The van der Waals surface area contributed by atoms with Crippen LogP contribution in [0.2, 0.25) is 0 Å². The molecule has 4 heteroatoms. The van der Waals surface area contributed by atoms with Crippen LogP contribution in [0.5, 0.6) is 0 Å². The first-order chi connectivity index (χ1) is 9.84. The summed E-state index contributed by atoms with van der Waals surface area (Å²) >= 11 is 0. The molecule has 0 aliphatic heterocycles. The van der Waals surface area contributed by atoms with E-state index in [-0.39, 0.29) is 6.61 Å². The Balaban J connectivity index is 1.66. The Morgan fingerprint density at radius 2 is 1.70 bits per heavy atom. The number of para-hydroxylation sites is 1. The van der Waals surface area contributed by atoms with Crippen LogP contribution in [0.1, 0.15) is 5.56 Å². The fourth-order valence-electron chi connectivity index (χ4n) is 1.58. The van der Waals surface area contributed by atoms with Gasteiger partial charge in [0.15, 0.2) is 0 Å². The molecule has 1 N–H and O–H groups in total. The number of ether oxygens (including phenoxy) is 1. The Morgan fingerprint density at radius 1 is 1.05 bits per heavy atom. The third-order valence-corrected chi connectivity index (χ3v) is 2.51.